The average Bonchev–Trinajstić information content (AvgIpc) is 3.30. The van der Waals surface area contributed by atoms with E-state index >= 15 is 4.39 Å². The van der Waals surface area contributed by atoms with Crippen molar-refractivity contribution in [2.75, 3.05) is 0 Å². The summed E-state index contributed by atoms with van der Waals surface area (Å²) in [5, 5.41) is 23.7. The van der Waals surface area contributed by atoms with Crippen molar-refractivity contribution in [2.24, 2.45) is 40.9 Å². The van der Waals surface area contributed by atoms with Crippen molar-refractivity contribution in [1.82, 2.24) is 9.78 Å². The molecule has 0 spiro atoms. The lowest BCUT2D eigenvalue weighted by Gasteiger charge is -2.57. The van der Waals surface area contributed by atoms with Gasteiger partial charge in [0.1, 0.15) is 12.2 Å². The van der Waals surface area contributed by atoms with Crippen LogP contribution in [-0.2, 0) is 11.3 Å². The first-order chi connectivity index (χ1) is 14.7. The smallest absolute Gasteiger partial charge is 0.157 e. The molecule has 0 aliphatic heterocycles. The van der Waals surface area contributed by atoms with Gasteiger partial charge >= 0.3 is 0 Å². The predicted molar refractivity (Wildman–Crippen MR) is 113 cm³/mol. The third-order valence-corrected chi connectivity index (χ3v) is 9.63. The van der Waals surface area contributed by atoms with E-state index in [1.54, 1.807) is 17.8 Å². The Morgan fingerprint density at radius 1 is 1.26 bits per heavy atom. The standard InChI is InChI=1S/C25H34FN3O2/c1-24(31)9-16-3-4-17-18(23(16)21(26)10-24)7-8-25(2)19(17)5-6-20(25)22(30)14-29-13-15(11-27)12-28-29/h12-13,16-21,23,31H,3-10,14H2,1-2H3/t16-,17-,18+,19+,20-,21?,23+,24+,25+/m1/s1. The molecule has 4 fully saturated rings. The van der Waals surface area contributed by atoms with E-state index in [-0.39, 0.29) is 36.0 Å². The van der Waals surface area contributed by atoms with Crippen molar-refractivity contribution >= 4 is 5.78 Å². The van der Waals surface area contributed by atoms with Gasteiger partial charge in [-0.05, 0) is 86.9 Å². The fourth-order valence-corrected chi connectivity index (χ4v) is 8.47. The number of nitriles is 1. The van der Waals surface area contributed by atoms with Crippen molar-refractivity contribution in [3.8, 4) is 6.07 Å². The van der Waals surface area contributed by atoms with E-state index in [2.05, 4.69) is 18.1 Å². The van der Waals surface area contributed by atoms with Crippen molar-refractivity contribution in [1.29, 1.82) is 5.26 Å². The van der Waals surface area contributed by atoms with Crippen LogP contribution in [-0.4, -0.2) is 32.4 Å². The second-order valence-corrected chi connectivity index (χ2v) is 11.4. The molecule has 4 aliphatic carbocycles. The average molecular weight is 428 g/mol. The third-order valence-electron chi connectivity index (χ3n) is 9.63. The highest BCUT2D eigenvalue weighted by Crippen LogP contribution is 2.65. The number of halogens is 1. The summed E-state index contributed by atoms with van der Waals surface area (Å²) >= 11 is 0. The lowest BCUT2D eigenvalue weighted by atomic mass is 9.48. The zero-order chi connectivity index (χ0) is 22.0. The minimum Gasteiger partial charge on any atom is -0.390 e. The predicted octanol–water partition coefficient (Wildman–Crippen LogP) is 4.29. The summed E-state index contributed by atoms with van der Waals surface area (Å²) in [5.74, 6) is 2.04. The monoisotopic (exact) mass is 427 g/mol. The number of alkyl halides is 1. The maximum atomic E-state index is 15.3. The number of hydrogen-bond donors (Lipinski definition) is 1. The van der Waals surface area contributed by atoms with Crippen LogP contribution in [0.5, 0.6) is 0 Å². The van der Waals surface area contributed by atoms with Crippen LogP contribution < -0.4 is 0 Å². The van der Waals surface area contributed by atoms with Gasteiger partial charge in [0.05, 0.1) is 23.9 Å². The van der Waals surface area contributed by atoms with Gasteiger partial charge in [0.15, 0.2) is 5.78 Å². The molecule has 1 N–H and O–H groups in total. The van der Waals surface area contributed by atoms with Gasteiger partial charge < -0.3 is 5.11 Å². The molecule has 0 amide bonds. The van der Waals surface area contributed by atoms with Gasteiger partial charge in [-0.1, -0.05) is 6.92 Å². The lowest BCUT2D eigenvalue weighted by molar-refractivity contribution is -0.140. The second-order valence-electron chi connectivity index (χ2n) is 11.4. The molecular formula is C25H34FN3O2. The Labute approximate surface area is 184 Å². The van der Waals surface area contributed by atoms with Gasteiger partial charge in [0, 0.05) is 18.5 Å². The normalized spacial score (nSPS) is 46.5. The van der Waals surface area contributed by atoms with Crippen LogP contribution in [0.3, 0.4) is 0 Å². The maximum Gasteiger partial charge on any atom is 0.157 e. The van der Waals surface area contributed by atoms with Gasteiger partial charge in [-0.2, -0.15) is 10.4 Å². The maximum absolute atomic E-state index is 15.3. The summed E-state index contributed by atoms with van der Waals surface area (Å²) < 4.78 is 16.9. The molecule has 0 bridgehead atoms. The highest BCUT2D eigenvalue weighted by atomic mass is 19.1. The van der Waals surface area contributed by atoms with E-state index in [0.29, 0.717) is 29.2 Å². The molecule has 6 heteroatoms. The minimum absolute atomic E-state index is 0.0116. The summed E-state index contributed by atoms with van der Waals surface area (Å²) in [5.41, 5.74) is -0.394. The number of fused-ring (bicyclic) bond motifs is 5. The van der Waals surface area contributed by atoms with Gasteiger partial charge in [-0.25, -0.2) is 4.39 Å². The number of aliphatic hydroxyl groups is 1. The highest BCUT2D eigenvalue weighted by Gasteiger charge is 2.60. The molecule has 5 nitrogen and oxygen atoms in total. The van der Waals surface area contributed by atoms with E-state index in [1.165, 1.54) is 6.20 Å². The number of ketones is 1. The summed E-state index contributed by atoms with van der Waals surface area (Å²) in [6, 6.07) is 2.06. The molecule has 9 atom stereocenters. The molecule has 31 heavy (non-hydrogen) atoms. The van der Waals surface area contributed by atoms with Crippen molar-refractivity contribution < 1.29 is 14.3 Å². The van der Waals surface area contributed by atoms with E-state index in [0.717, 1.165) is 44.9 Å². The van der Waals surface area contributed by atoms with E-state index in [9.17, 15) is 9.90 Å². The van der Waals surface area contributed by atoms with Gasteiger partial charge in [0.2, 0.25) is 0 Å². The number of Topliss-reactive ketones (excluding diaryl/α,β-unsaturated/α-hetero) is 1. The molecule has 1 aromatic rings. The second kappa shape index (κ2) is 7.40. The zero-order valence-electron chi connectivity index (χ0n) is 18.6. The number of carbonyl (C=O) groups excluding carboxylic acids is 1. The van der Waals surface area contributed by atoms with Crippen LogP contribution in [0.1, 0.15) is 70.8 Å². The molecule has 4 aliphatic rings. The number of carbonyl (C=O) groups is 1. The molecule has 1 aromatic heterocycles. The van der Waals surface area contributed by atoms with Gasteiger partial charge in [-0.3, -0.25) is 9.48 Å². The molecule has 4 saturated carbocycles. The van der Waals surface area contributed by atoms with E-state index in [4.69, 9.17) is 5.26 Å². The highest BCUT2D eigenvalue weighted by molar-refractivity contribution is 5.82. The minimum atomic E-state index is -0.904. The Morgan fingerprint density at radius 2 is 2.06 bits per heavy atom. The molecule has 0 radical (unpaired) electrons. The van der Waals surface area contributed by atoms with E-state index in [1.807, 2.05) is 0 Å². The first-order valence-corrected chi connectivity index (χ1v) is 12.0. The summed E-state index contributed by atoms with van der Waals surface area (Å²) in [6.07, 6.45) is 9.34. The molecule has 1 unspecified atom stereocenters. The van der Waals surface area contributed by atoms with Crippen molar-refractivity contribution in [3.63, 3.8) is 0 Å². The molecule has 0 aromatic carbocycles. The van der Waals surface area contributed by atoms with Crippen LogP contribution in [0.15, 0.2) is 12.4 Å². The van der Waals surface area contributed by atoms with Crippen molar-refractivity contribution in [2.45, 2.75) is 83.5 Å². The fraction of sp³-hybridized carbons (Fsp3) is 0.800. The SMILES string of the molecule is C[C@@]1(O)CC(F)[C@H]2[C@H](CC[C@@H]3[C@@H]2CC[C@]2(C)[C@@H](C(=O)Cn4cc(C#N)cn4)CC[C@@H]32)C1. The Morgan fingerprint density at radius 3 is 2.81 bits per heavy atom. The molecule has 168 valence electrons. The fourth-order valence-electron chi connectivity index (χ4n) is 8.47. The summed E-state index contributed by atoms with van der Waals surface area (Å²) in [4.78, 5) is 13.3. The Hall–Kier alpha value is -1.74. The van der Waals surface area contributed by atoms with Crippen LogP contribution in [0.2, 0.25) is 0 Å². The number of nitrogens with zero attached hydrogens (tertiary/aromatic N) is 3. The van der Waals surface area contributed by atoms with Crippen LogP contribution in [0, 0.1) is 52.3 Å². The quantitative estimate of drug-likeness (QED) is 0.780. The van der Waals surface area contributed by atoms with Crippen LogP contribution in [0.4, 0.5) is 4.39 Å². The largest absolute Gasteiger partial charge is 0.390 e. The van der Waals surface area contributed by atoms with Gasteiger partial charge in [0.25, 0.3) is 0 Å². The first kappa shape index (κ1) is 21.1. The Kier molecular flexibility index (Phi) is 5.04. The molecular weight excluding hydrogens is 393 g/mol. The number of rotatable bonds is 3. The van der Waals surface area contributed by atoms with Crippen LogP contribution >= 0.6 is 0 Å². The lowest BCUT2D eigenvalue weighted by Crippen LogP contribution is -2.54. The topological polar surface area (TPSA) is 78.9 Å². The molecule has 5 rings (SSSR count). The molecule has 1 heterocycles. The summed E-state index contributed by atoms with van der Waals surface area (Å²) in [7, 11) is 0. The number of aromatic nitrogens is 2. The Balaban J connectivity index is 1.32. The third kappa shape index (κ3) is 3.44. The molecule has 0 saturated heterocycles. The van der Waals surface area contributed by atoms with E-state index < -0.39 is 11.8 Å². The van der Waals surface area contributed by atoms with Crippen molar-refractivity contribution in [3.05, 3.63) is 18.0 Å². The number of hydrogen-bond acceptors (Lipinski definition) is 4. The summed E-state index contributed by atoms with van der Waals surface area (Å²) in [6.45, 7) is 4.33. The zero-order valence-corrected chi connectivity index (χ0v) is 18.6. The Bertz CT molecular complexity index is 905. The first-order valence-electron chi connectivity index (χ1n) is 12.0. The van der Waals surface area contributed by atoms with Crippen LogP contribution in [0.25, 0.3) is 0 Å². The van der Waals surface area contributed by atoms with Gasteiger partial charge in [-0.15, -0.1) is 0 Å².